The Morgan fingerprint density at radius 2 is 1.76 bits per heavy atom. The summed E-state index contributed by atoms with van der Waals surface area (Å²) < 4.78 is 6.01. The van der Waals surface area contributed by atoms with Gasteiger partial charge in [-0.05, 0) is 17.4 Å². The third-order valence-electron chi connectivity index (χ3n) is 3.00. The summed E-state index contributed by atoms with van der Waals surface area (Å²) in [6.07, 6.45) is 0.0702. The number of ether oxygens (including phenoxy) is 1. The fraction of sp³-hybridized carbons (Fsp3) is 0.333. The summed E-state index contributed by atoms with van der Waals surface area (Å²) in [7, 11) is 0. The second-order valence-corrected chi connectivity index (χ2v) is 4.61. The number of nitrogens with two attached hydrogens (primary N) is 1. The van der Waals surface area contributed by atoms with Gasteiger partial charge >= 0.3 is 0 Å². The van der Waals surface area contributed by atoms with Crippen LogP contribution in [0.2, 0.25) is 0 Å². The Balaban J connectivity index is 2.35. The van der Waals surface area contributed by atoms with E-state index in [0.717, 1.165) is 11.1 Å². The molecule has 0 bridgehead atoms. The lowest BCUT2D eigenvalue weighted by molar-refractivity contribution is 0.161. The Hall–Kier alpha value is -1.54. The van der Waals surface area contributed by atoms with Crippen LogP contribution in [0.25, 0.3) is 10.8 Å². The van der Waals surface area contributed by atoms with Crippen LogP contribution in [0.1, 0.15) is 13.8 Å². The first-order valence-corrected chi connectivity index (χ1v) is 6.07. The number of fused-ring (bicyclic) bond motifs is 1. The largest absolute Gasteiger partial charge is 0.488 e. The first kappa shape index (κ1) is 11.9. The molecule has 0 saturated carbocycles. The average molecular weight is 229 g/mol. The van der Waals surface area contributed by atoms with Crippen molar-refractivity contribution in [2.75, 3.05) is 6.54 Å². The van der Waals surface area contributed by atoms with Gasteiger partial charge < -0.3 is 10.5 Å². The SMILES string of the molecule is CC(C)C(CN)Oc1cccc2ccccc12. The molecule has 2 rings (SSSR count). The molecule has 0 saturated heterocycles. The van der Waals surface area contributed by atoms with Gasteiger partial charge in [0.25, 0.3) is 0 Å². The Labute approximate surface area is 102 Å². The predicted octanol–water partition coefficient (Wildman–Crippen LogP) is 3.20. The molecule has 0 aliphatic rings. The van der Waals surface area contributed by atoms with Crippen LogP contribution < -0.4 is 10.5 Å². The zero-order chi connectivity index (χ0) is 12.3. The van der Waals surface area contributed by atoms with E-state index in [1.54, 1.807) is 0 Å². The fourth-order valence-corrected chi connectivity index (χ4v) is 1.92. The summed E-state index contributed by atoms with van der Waals surface area (Å²) >= 11 is 0. The minimum Gasteiger partial charge on any atom is -0.488 e. The molecule has 2 aromatic rings. The van der Waals surface area contributed by atoms with Crippen molar-refractivity contribution in [3.05, 3.63) is 42.5 Å². The second-order valence-electron chi connectivity index (χ2n) is 4.61. The van der Waals surface area contributed by atoms with Gasteiger partial charge in [-0.15, -0.1) is 0 Å². The molecule has 2 N–H and O–H groups in total. The van der Waals surface area contributed by atoms with Crippen LogP contribution in [0.15, 0.2) is 42.5 Å². The minimum absolute atomic E-state index is 0.0702. The quantitative estimate of drug-likeness (QED) is 0.873. The molecule has 1 atom stereocenters. The van der Waals surface area contributed by atoms with Crippen molar-refractivity contribution in [1.82, 2.24) is 0 Å². The molecule has 0 aliphatic heterocycles. The van der Waals surface area contributed by atoms with Crippen LogP contribution >= 0.6 is 0 Å². The molecule has 2 heteroatoms. The van der Waals surface area contributed by atoms with E-state index in [2.05, 4.69) is 32.0 Å². The average Bonchev–Trinajstić information content (AvgIpc) is 2.35. The van der Waals surface area contributed by atoms with E-state index in [1.165, 1.54) is 5.39 Å². The molecule has 2 aromatic carbocycles. The van der Waals surface area contributed by atoms with Gasteiger partial charge in [0.2, 0.25) is 0 Å². The topological polar surface area (TPSA) is 35.2 Å². The van der Waals surface area contributed by atoms with Crippen molar-refractivity contribution in [3.8, 4) is 5.75 Å². The summed E-state index contributed by atoms with van der Waals surface area (Å²) in [5, 5.41) is 2.35. The Bertz CT molecular complexity index is 488. The van der Waals surface area contributed by atoms with Crippen LogP contribution in [-0.4, -0.2) is 12.6 Å². The number of hydrogen-bond acceptors (Lipinski definition) is 2. The monoisotopic (exact) mass is 229 g/mol. The molecule has 0 fully saturated rings. The first-order chi connectivity index (χ1) is 8.22. The summed E-state index contributed by atoms with van der Waals surface area (Å²) in [6, 6.07) is 14.4. The zero-order valence-corrected chi connectivity index (χ0v) is 10.4. The smallest absolute Gasteiger partial charge is 0.127 e. The van der Waals surface area contributed by atoms with E-state index < -0.39 is 0 Å². The predicted molar refractivity (Wildman–Crippen MR) is 72.3 cm³/mol. The third-order valence-corrected chi connectivity index (χ3v) is 3.00. The minimum atomic E-state index is 0.0702. The van der Waals surface area contributed by atoms with Crippen molar-refractivity contribution in [3.63, 3.8) is 0 Å². The summed E-state index contributed by atoms with van der Waals surface area (Å²) in [6.45, 7) is 4.80. The lowest BCUT2D eigenvalue weighted by atomic mass is 10.1. The van der Waals surface area contributed by atoms with Crippen molar-refractivity contribution in [2.24, 2.45) is 11.7 Å². The van der Waals surface area contributed by atoms with Gasteiger partial charge in [-0.25, -0.2) is 0 Å². The lowest BCUT2D eigenvalue weighted by Gasteiger charge is -2.21. The van der Waals surface area contributed by atoms with Crippen LogP contribution in [0.3, 0.4) is 0 Å². The molecule has 90 valence electrons. The molecule has 17 heavy (non-hydrogen) atoms. The zero-order valence-electron chi connectivity index (χ0n) is 10.4. The molecule has 0 aliphatic carbocycles. The highest BCUT2D eigenvalue weighted by molar-refractivity contribution is 5.88. The molecule has 0 heterocycles. The molecular formula is C15H19NO. The first-order valence-electron chi connectivity index (χ1n) is 6.07. The van der Waals surface area contributed by atoms with Gasteiger partial charge in [0, 0.05) is 11.9 Å². The van der Waals surface area contributed by atoms with E-state index in [4.69, 9.17) is 10.5 Å². The Morgan fingerprint density at radius 3 is 2.47 bits per heavy atom. The van der Waals surface area contributed by atoms with Crippen LogP contribution in [0, 0.1) is 5.92 Å². The maximum absolute atomic E-state index is 6.01. The van der Waals surface area contributed by atoms with Crippen molar-refractivity contribution >= 4 is 10.8 Å². The van der Waals surface area contributed by atoms with E-state index in [0.29, 0.717) is 12.5 Å². The highest BCUT2D eigenvalue weighted by Gasteiger charge is 2.14. The molecule has 0 radical (unpaired) electrons. The summed E-state index contributed by atoms with van der Waals surface area (Å²) in [5.74, 6) is 1.34. The molecule has 2 nitrogen and oxygen atoms in total. The molecule has 1 unspecified atom stereocenters. The van der Waals surface area contributed by atoms with Gasteiger partial charge in [-0.2, -0.15) is 0 Å². The number of rotatable bonds is 4. The molecule has 0 amide bonds. The third kappa shape index (κ3) is 2.59. The molecular weight excluding hydrogens is 210 g/mol. The van der Waals surface area contributed by atoms with Crippen molar-refractivity contribution in [1.29, 1.82) is 0 Å². The number of benzene rings is 2. The standard InChI is InChI=1S/C15H19NO/c1-11(2)15(10-16)17-14-9-5-7-12-6-3-4-8-13(12)14/h3-9,11,15H,10,16H2,1-2H3. The number of hydrogen-bond donors (Lipinski definition) is 1. The lowest BCUT2D eigenvalue weighted by Crippen LogP contribution is -2.31. The highest BCUT2D eigenvalue weighted by atomic mass is 16.5. The summed E-state index contributed by atoms with van der Waals surface area (Å²) in [4.78, 5) is 0. The highest BCUT2D eigenvalue weighted by Crippen LogP contribution is 2.26. The van der Waals surface area contributed by atoms with Crippen LogP contribution in [0.4, 0.5) is 0 Å². The van der Waals surface area contributed by atoms with Gasteiger partial charge in [0.05, 0.1) is 0 Å². The van der Waals surface area contributed by atoms with Gasteiger partial charge in [0.15, 0.2) is 0 Å². The Morgan fingerprint density at radius 1 is 1.06 bits per heavy atom. The van der Waals surface area contributed by atoms with E-state index >= 15 is 0 Å². The normalized spacial score (nSPS) is 12.9. The van der Waals surface area contributed by atoms with Gasteiger partial charge in [-0.3, -0.25) is 0 Å². The van der Waals surface area contributed by atoms with E-state index in [1.807, 2.05) is 24.3 Å². The van der Waals surface area contributed by atoms with E-state index in [9.17, 15) is 0 Å². The van der Waals surface area contributed by atoms with Crippen LogP contribution in [-0.2, 0) is 0 Å². The van der Waals surface area contributed by atoms with Gasteiger partial charge in [-0.1, -0.05) is 50.2 Å². The van der Waals surface area contributed by atoms with Crippen LogP contribution in [0.5, 0.6) is 5.75 Å². The van der Waals surface area contributed by atoms with E-state index in [-0.39, 0.29) is 6.10 Å². The fourth-order valence-electron chi connectivity index (χ4n) is 1.92. The van der Waals surface area contributed by atoms with Crippen molar-refractivity contribution < 1.29 is 4.74 Å². The molecule has 0 spiro atoms. The maximum Gasteiger partial charge on any atom is 0.127 e. The van der Waals surface area contributed by atoms with Gasteiger partial charge in [0.1, 0.15) is 11.9 Å². The second kappa shape index (κ2) is 5.19. The summed E-state index contributed by atoms with van der Waals surface area (Å²) in [5.41, 5.74) is 5.74. The van der Waals surface area contributed by atoms with Crippen molar-refractivity contribution in [2.45, 2.75) is 20.0 Å². The molecule has 0 aromatic heterocycles. The maximum atomic E-state index is 6.01. The Kier molecular flexibility index (Phi) is 3.64.